The summed E-state index contributed by atoms with van der Waals surface area (Å²) in [4.78, 5) is 36.7. The molecule has 28 heavy (non-hydrogen) atoms. The van der Waals surface area contributed by atoms with Gasteiger partial charge in [0.15, 0.2) is 5.78 Å². The van der Waals surface area contributed by atoms with Crippen molar-refractivity contribution in [1.29, 1.82) is 0 Å². The number of primary amides is 1. The Kier molecular flexibility index (Phi) is 3.74. The Labute approximate surface area is 166 Å². The quantitative estimate of drug-likeness (QED) is 0.702. The molecule has 5 rings (SSSR count). The van der Waals surface area contributed by atoms with Crippen LogP contribution in [0.15, 0.2) is 11.6 Å². The topological polar surface area (TPSA) is 86.5 Å². The molecule has 5 heteroatoms. The smallest absolute Gasteiger partial charge is 0.306 e. The van der Waals surface area contributed by atoms with E-state index in [1.54, 1.807) is 0 Å². The van der Waals surface area contributed by atoms with Crippen molar-refractivity contribution in [3.8, 4) is 0 Å². The molecule has 1 heterocycles. The van der Waals surface area contributed by atoms with Gasteiger partial charge in [0, 0.05) is 24.2 Å². The van der Waals surface area contributed by atoms with Crippen LogP contribution >= 0.6 is 0 Å². The Balaban J connectivity index is 1.57. The summed E-state index contributed by atoms with van der Waals surface area (Å²) in [6, 6.07) is 0. The minimum Gasteiger partial charge on any atom is -0.458 e. The molecule has 2 N–H and O–H groups in total. The Morgan fingerprint density at radius 2 is 1.82 bits per heavy atom. The Morgan fingerprint density at radius 3 is 2.50 bits per heavy atom. The van der Waals surface area contributed by atoms with E-state index in [0.29, 0.717) is 31.1 Å². The lowest BCUT2D eigenvalue weighted by Crippen LogP contribution is -2.58. The fourth-order valence-electron chi connectivity index (χ4n) is 8.15. The molecule has 0 aromatic rings. The van der Waals surface area contributed by atoms with Gasteiger partial charge in [-0.25, -0.2) is 0 Å². The molecule has 1 saturated heterocycles. The van der Waals surface area contributed by atoms with Crippen LogP contribution in [-0.2, 0) is 19.1 Å². The molecule has 3 saturated carbocycles. The van der Waals surface area contributed by atoms with Crippen LogP contribution in [0.4, 0.5) is 0 Å². The van der Waals surface area contributed by atoms with Crippen molar-refractivity contribution in [3.63, 3.8) is 0 Å². The second-order valence-electron chi connectivity index (χ2n) is 10.5. The van der Waals surface area contributed by atoms with Gasteiger partial charge in [-0.05, 0) is 74.2 Å². The molecule has 7 atom stereocenters. The van der Waals surface area contributed by atoms with E-state index in [1.165, 1.54) is 0 Å². The van der Waals surface area contributed by atoms with Gasteiger partial charge in [-0.15, -0.1) is 0 Å². The number of rotatable bonds is 1. The molecule has 0 aromatic heterocycles. The van der Waals surface area contributed by atoms with Gasteiger partial charge in [-0.1, -0.05) is 19.4 Å². The highest BCUT2D eigenvalue weighted by molar-refractivity contribution is 5.92. The first-order valence-corrected chi connectivity index (χ1v) is 11.0. The number of hydrogen-bond acceptors (Lipinski definition) is 4. The molecule has 0 radical (unpaired) electrons. The highest BCUT2D eigenvalue weighted by atomic mass is 16.6. The maximum Gasteiger partial charge on any atom is 0.306 e. The lowest BCUT2D eigenvalue weighted by atomic mass is 9.44. The van der Waals surface area contributed by atoms with E-state index >= 15 is 0 Å². The van der Waals surface area contributed by atoms with E-state index in [1.807, 2.05) is 6.08 Å². The standard InChI is InChI=1S/C23H31NO4/c1-21-7-3-14(25)11-13(21)12-15(20(24)27)19-16(21)4-8-22(2)17(19)5-9-23(22)10-6-18(26)28-23/h11,15-17,19H,3-10,12H2,1-2H3,(H2,24,27)/t15-,16?,17+,19-,21+,22+,23-/m1/s1. The van der Waals surface area contributed by atoms with Gasteiger partial charge in [0.2, 0.25) is 5.91 Å². The first kappa shape index (κ1) is 18.4. The first-order chi connectivity index (χ1) is 13.2. The zero-order chi connectivity index (χ0) is 19.9. The molecule has 1 unspecified atom stereocenters. The molecule has 5 nitrogen and oxygen atoms in total. The second-order valence-corrected chi connectivity index (χ2v) is 10.5. The van der Waals surface area contributed by atoms with Crippen LogP contribution in [0.3, 0.4) is 0 Å². The summed E-state index contributed by atoms with van der Waals surface area (Å²) in [6.45, 7) is 4.61. The lowest BCUT2D eigenvalue weighted by molar-refractivity contribution is -0.172. The van der Waals surface area contributed by atoms with Crippen LogP contribution in [0.5, 0.6) is 0 Å². The number of carbonyl (C=O) groups excluding carboxylic acids is 3. The van der Waals surface area contributed by atoms with Crippen LogP contribution in [-0.4, -0.2) is 23.3 Å². The minimum absolute atomic E-state index is 0.00599. The van der Waals surface area contributed by atoms with Crippen molar-refractivity contribution in [1.82, 2.24) is 0 Å². The minimum atomic E-state index is -0.346. The zero-order valence-electron chi connectivity index (χ0n) is 17.0. The number of nitrogens with two attached hydrogens (primary N) is 1. The summed E-state index contributed by atoms with van der Waals surface area (Å²) >= 11 is 0. The third-order valence-corrected chi connectivity index (χ3v) is 9.71. The summed E-state index contributed by atoms with van der Waals surface area (Å²) in [7, 11) is 0. The van der Waals surface area contributed by atoms with Crippen molar-refractivity contribution in [2.24, 2.45) is 40.2 Å². The van der Waals surface area contributed by atoms with Crippen LogP contribution in [0.2, 0.25) is 0 Å². The third kappa shape index (κ3) is 2.16. The predicted molar refractivity (Wildman–Crippen MR) is 103 cm³/mol. The number of esters is 1. The number of amides is 1. The largest absolute Gasteiger partial charge is 0.458 e. The second kappa shape index (κ2) is 5.70. The van der Waals surface area contributed by atoms with Crippen LogP contribution in [0.25, 0.3) is 0 Å². The van der Waals surface area contributed by atoms with Crippen molar-refractivity contribution >= 4 is 17.7 Å². The summed E-state index contributed by atoms with van der Waals surface area (Å²) in [5.74, 6) is 0.630. The van der Waals surface area contributed by atoms with Gasteiger partial charge in [0.1, 0.15) is 5.60 Å². The maximum atomic E-state index is 12.6. The number of carbonyl (C=O) groups is 3. The van der Waals surface area contributed by atoms with E-state index in [4.69, 9.17) is 10.5 Å². The van der Waals surface area contributed by atoms with Gasteiger partial charge >= 0.3 is 5.97 Å². The fourth-order valence-corrected chi connectivity index (χ4v) is 8.15. The molecule has 4 aliphatic carbocycles. The third-order valence-electron chi connectivity index (χ3n) is 9.71. The van der Waals surface area contributed by atoms with Crippen LogP contribution in [0.1, 0.15) is 71.6 Å². The summed E-state index contributed by atoms with van der Waals surface area (Å²) in [5, 5.41) is 0. The normalized spacial score (nSPS) is 49.9. The summed E-state index contributed by atoms with van der Waals surface area (Å²) in [6.07, 6.45) is 9.21. The molecule has 1 aliphatic heterocycles. The molecule has 5 aliphatic rings. The van der Waals surface area contributed by atoms with E-state index in [-0.39, 0.29) is 45.9 Å². The maximum absolute atomic E-state index is 12.6. The number of fused-ring (bicyclic) bond motifs is 6. The van der Waals surface area contributed by atoms with Gasteiger partial charge in [0.25, 0.3) is 0 Å². The van der Waals surface area contributed by atoms with Crippen LogP contribution < -0.4 is 5.73 Å². The molecule has 0 aromatic carbocycles. The van der Waals surface area contributed by atoms with Gasteiger partial charge in [-0.3, -0.25) is 14.4 Å². The number of ketones is 1. The fraction of sp³-hybridized carbons (Fsp3) is 0.783. The van der Waals surface area contributed by atoms with Gasteiger partial charge in [-0.2, -0.15) is 0 Å². The Bertz CT molecular complexity index is 802. The number of allylic oxidation sites excluding steroid dienone is 1. The number of hydrogen-bond donors (Lipinski definition) is 1. The average Bonchev–Trinajstić information content (AvgIpc) is 3.16. The van der Waals surface area contributed by atoms with Gasteiger partial charge in [0.05, 0.1) is 0 Å². The van der Waals surface area contributed by atoms with E-state index in [2.05, 4.69) is 13.8 Å². The molecular formula is C23H31NO4. The first-order valence-electron chi connectivity index (χ1n) is 11.0. The van der Waals surface area contributed by atoms with Crippen LogP contribution in [0, 0.1) is 34.5 Å². The summed E-state index contributed by atoms with van der Waals surface area (Å²) in [5.41, 5.74) is 6.66. The number of ether oxygens (including phenoxy) is 1. The SMILES string of the molecule is C[C@]12CCC(=O)C=C1C[C@@H](C(N)=O)[C@@H]1C2CC[C@@]2(C)[C@H]1CC[C@@]21CCC(=O)O1. The van der Waals surface area contributed by atoms with Crippen molar-refractivity contribution in [2.45, 2.75) is 77.2 Å². The molecule has 0 bridgehead atoms. The van der Waals surface area contributed by atoms with Gasteiger partial charge < -0.3 is 10.5 Å². The Morgan fingerprint density at radius 1 is 1.07 bits per heavy atom. The van der Waals surface area contributed by atoms with E-state index < -0.39 is 0 Å². The average molecular weight is 386 g/mol. The molecule has 1 spiro atoms. The van der Waals surface area contributed by atoms with Crippen molar-refractivity contribution < 1.29 is 19.1 Å². The Hall–Kier alpha value is -1.65. The lowest BCUT2D eigenvalue weighted by Gasteiger charge is -2.60. The van der Waals surface area contributed by atoms with E-state index in [0.717, 1.165) is 44.1 Å². The van der Waals surface area contributed by atoms with Crippen molar-refractivity contribution in [2.75, 3.05) is 0 Å². The molecular weight excluding hydrogens is 354 g/mol. The van der Waals surface area contributed by atoms with E-state index in [9.17, 15) is 14.4 Å². The highest BCUT2D eigenvalue weighted by Crippen LogP contribution is 2.70. The monoisotopic (exact) mass is 385 g/mol. The molecule has 152 valence electrons. The predicted octanol–water partition coefficient (Wildman–Crippen LogP) is 3.31. The molecule has 1 amide bonds. The molecule has 4 fully saturated rings. The zero-order valence-corrected chi connectivity index (χ0v) is 17.0. The summed E-state index contributed by atoms with van der Waals surface area (Å²) < 4.78 is 5.99. The van der Waals surface area contributed by atoms with Crippen molar-refractivity contribution in [3.05, 3.63) is 11.6 Å². The highest BCUT2D eigenvalue weighted by Gasteiger charge is 2.68.